The Morgan fingerprint density at radius 3 is 3.27 bits per heavy atom. The van der Waals surface area contributed by atoms with E-state index in [1.54, 1.807) is 11.3 Å². The second kappa shape index (κ2) is 4.48. The Balaban J connectivity index is 2.20. The minimum atomic E-state index is -0.176. The number of aryl methyl sites for hydroxylation is 1. The maximum atomic E-state index is 11.0. The summed E-state index contributed by atoms with van der Waals surface area (Å²) in [5, 5.41) is 2.04. The number of thiazole rings is 1. The van der Waals surface area contributed by atoms with E-state index in [-0.39, 0.29) is 5.97 Å². The molecule has 0 bridgehead atoms. The van der Waals surface area contributed by atoms with Crippen molar-refractivity contribution in [2.75, 3.05) is 7.11 Å². The van der Waals surface area contributed by atoms with Crippen LogP contribution in [0.1, 0.15) is 12.1 Å². The van der Waals surface area contributed by atoms with Crippen molar-refractivity contribution < 1.29 is 9.53 Å². The summed E-state index contributed by atoms with van der Waals surface area (Å²) in [6.07, 6.45) is 2.93. The number of methoxy groups -OCH3 is 1. The third kappa shape index (κ3) is 2.15. The fourth-order valence-corrected chi connectivity index (χ4v) is 3.08. The predicted octanol–water partition coefficient (Wildman–Crippen LogP) is 2.11. The molecule has 4 nitrogen and oxygen atoms in total. The van der Waals surface area contributed by atoms with Crippen LogP contribution >= 0.6 is 33.9 Å². The van der Waals surface area contributed by atoms with Crippen molar-refractivity contribution in [3.8, 4) is 0 Å². The van der Waals surface area contributed by atoms with E-state index in [4.69, 9.17) is 0 Å². The summed E-state index contributed by atoms with van der Waals surface area (Å²) in [6, 6.07) is 0. The molecule has 6 heteroatoms. The molecule has 0 N–H and O–H groups in total. The van der Waals surface area contributed by atoms with Crippen molar-refractivity contribution >= 4 is 44.9 Å². The predicted molar refractivity (Wildman–Crippen MR) is 66.1 cm³/mol. The van der Waals surface area contributed by atoms with E-state index in [9.17, 15) is 4.79 Å². The maximum absolute atomic E-state index is 11.0. The number of carbonyl (C=O) groups excluding carboxylic acids is 1. The number of nitrogens with zero attached hydrogens (tertiary/aromatic N) is 2. The summed E-state index contributed by atoms with van der Waals surface area (Å²) in [7, 11) is 1.41. The van der Waals surface area contributed by atoms with Gasteiger partial charge in [0.2, 0.25) is 0 Å². The van der Waals surface area contributed by atoms with Crippen molar-refractivity contribution in [1.29, 1.82) is 0 Å². The number of carbonyl (C=O) groups is 1. The van der Waals surface area contributed by atoms with Crippen molar-refractivity contribution in [1.82, 2.24) is 9.38 Å². The average Bonchev–Trinajstić information content (AvgIpc) is 2.79. The second-order valence-electron chi connectivity index (χ2n) is 3.00. The van der Waals surface area contributed by atoms with Gasteiger partial charge in [-0.2, -0.15) is 0 Å². The molecule has 0 radical (unpaired) electrons. The molecule has 0 atom stereocenters. The summed E-state index contributed by atoms with van der Waals surface area (Å²) in [6.45, 7) is 0. The van der Waals surface area contributed by atoms with Crippen LogP contribution in [-0.2, 0) is 16.0 Å². The van der Waals surface area contributed by atoms with Crippen LogP contribution in [0.3, 0.4) is 0 Å². The van der Waals surface area contributed by atoms with Crippen LogP contribution in [0.2, 0.25) is 0 Å². The third-order valence-electron chi connectivity index (χ3n) is 2.09. The van der Waals surface area contributed by atoms with Crippen LogP contribution < -0.4 is 0 Å². The molecule has 2 aromatic rings. The summed E-state index contributed by atoms with van der Waals surface area (Å²) in [4.78, 5) is 16.2. The molecule has 0 aliphatic carbocycles. The Labute approximate surface area is 104 Å². The Kier molecular flexibility index (Phi) is 3.25. The van der Waals surface area contributed by atoms with Crippen molar-refractivity contribution in [2.45, 2.75) is 12.8 Å². The first kappa shape index (κ1) is 10.9. The SMILES string of the molecule is COC(=O)CCc1csc2ncc(I)n12. The molecule has 0 unspecified atom stereocenters. The van der Waals surface area contributed by atoms with Gasteiger partial charge in [-0.1, -0.05) is 0 Å². The van der Waals surface area contributed by atoms with Crippen LogP contribution in [0.15, 0.2) is 11.6 Å². The molecule has 15 heavy (non-hydrogen) atoms. The molecular formula is C9H9IN2O2S. The zero-order chi connectivity index (χ0) is 10.8. The van der Waals surface area contributed by atoms with Gasteiger partial charge in [-0.25, -0.2) is 4.98 Å². The zero-order valence-electron chi connectivity index (χ0n) is 8.07. The van der Waals surface area contributed by atoms with Crippen LogP contribution in [-0.4, -0.2) is 22.5 Å². The molecule has 2 heterocycles. The lowest BCUT2D eigenvalue weighted by Crippen LogP contribution is -2.03. The van der Waals surface area contributed by atoms with E-state index >= 15 is 0 Å². The van der Waals surface area contributed by atoms with Gasteiger partial charge in [-0.05, 0) is 29.0 Å². The van der Waals surface area contributed by atoms with Gasteiger partial charge in [0.1, 0.15) is 3.70 Å². The van der Waals surface area contributed by atoms with E-state index in [0.717, 1.165) is 14.4 Å². The lowest BCUT2D eigenvalue weighted by molar-refractivity contribution is -0.140. The number of hydrogen-bond acceptors (Lipinski definition) is 4. The van der Waals surface area contributed by atoms with Crippen molar-refractivity contribution in [3.05, 3.63) is 21.0 Å². The number of ether oxygens (including phenoxy) is 1. The summed E-state index contributed by atoms with van der Waals surface area (Å²) in [5.74, 6) is -0.176. The fraction of sp³-hybridized carbons (Fsp3) is 0.333. The molecule has 0 saturated carbocycles. The number of esters is 1. The number of hydrogen-bond donors (Lipinski definition) is 0. The summed E-state index contributed by atoms with van der Waals surface area (Å²) >= 11 is 3.82. The van der Waals surface area contributed by atoms with Crippen LogP contribution in [0.25, 0.3) is 4.96 Å². The monoisotopic (exact) mass is 336 g/mol. The standard InChI is InChI=1S/C9H9IN2O2S/c1-14-8(13)3-2-6-5-15-9-11-4-7(10)12(6)9/h4-5H,2-3H2,1H3. The Bertz CT molecular complexity index is 491. The number of aromatic nitrogens is 2. The van der Waals surface area contributed by atoms with Gasteiger partial charge >= 0.3 is 5.97 Å². The van der Waals surface area contributed by atoms with Gasteiger partial charge in [-0.3, -0.25) is 9.20 Å². The van der Waals surface area contributed by atoms with Crippen LogP contribution in [0.4, 0.5) is 0 Å². The van der Waals surface area contributed by atoms with Gasteiger partial charge in [0.25, 0.3) is 0 Å². The first-order valence-electron chi connectivity index (χ1n) is 4.38. The second-order valence-corrected chi connectivity index (χ2v) is 4.94. The summed E-state index contributed by atoms with van der Waals surface area (Å²) in [5.41, 5.74) is 1.11. The Morgan fingerprint density at radius 1 is 1.73 bits per heavy atom. The smallest absolute Gasteiger partial charge is 0.305 e. The number of fused-ring (bicyclic) bond motifs is 1. The third-order valence-corrected chi connectivity index (χ3v) is 3.74. The van der Waals surface area contributed by atoms with Crippen molar-refractivity contribution in [2.24, 2.45) is 0 Å². The minimum absolute atomic E-state index is 0.176. The lowest BCUT2D eigenvalue weighted by Gasteiger charge is -1.99. The van der Waals surface area contributed by atoms with Crippen LogP contribution in [0.5, 0.6) is 0 Å². The van der Waals surface area contributed by atoms with Gasteiger partial charge < -0.3 is 4.74 Å². The minimum Gasteiger partial charge on any atom is -0.469 e. The highest BCUT2D eigenvalue weighted by Crippen LogP contribution is 2.20. The number of imidazole rings is 1. The van der Waals surface area contributed by atoms with E-state index in [1.807, 2.05) is 11.6 Å². The molecule has 0 aliphatic rings. The van der Waals surface area contributed by atoms with Gasteiger partial charge in [0.15, 0.2) is 4.96 Å². The largest absolute Gasteiger partial charge is 0.469 e. The first-order chi connectivity index (χ1) is 7.22. The number of rotatable bonds is 3. The quantitative estimate of drug-likeness (QED) is 0.637. The fourth-order valence-electron chi connectivity index (χ4n) is 1.33. The molecule has 0 aromatic carbocycles. The van der Waals surface area contributed by atoms with Gasteiger partial charge in [-0.15, -0.1) is 11.3 Å². The van der Waals surface area contributed by atoms with Crippen molar-refractivity contribution in [3.63, 3.8) is 0 Å². The molecule has 2 rings (SSSR count). The molecule has 0 saturated heterocycles. The molecule has 80 valence electrons. The molecule has 0 aliphatic heterocycles. The van der Waals surface area contributed by atoms with Gasteiger partial charge in [0.05, 0.1) is 19.7 Å². The highest BCUT2D eigenvalue weighted by Gasteiger charge is 2.09. The van der Waals surface area contributed by atoms with E-state index < -0.39 is 0 Å². The van der Waals surface area contributed by atoms with Crippen LogP contribution in [0, 0.1) is 3.70 Å². The van der Waals surface area contributed by atoms with E-state index in [1.165, 1.54) is 7.11 Å². The maximum Gasteiger partial charge on any atom is 0.305 e. The Hall–Kier alpha value is -0.630. The topological polar surface area (TPSA) is 43.6 Å². The molecule has 0 fully saturated rings. The molecule has 0 spiro atoms. The average molecular weight is 336 g/mol. The molecule has 2 aromatic heterocycles. The first-order valence-corrected chi connectivity index (χ1v) is 6.34. The normalized spacial score (nSPS) is 10.8. The Morgan fingerprint density at radius 2 is 2.53 bits per heavy atom. The molecule has 0 amide bonds. The highest BCUT2D eigenvalue weighted by atomic mass is 127. The van der Waals surface area contributed by atoms with E-state index in [0.29, 0.717) is 12.8 Å². The zero-order valence-corrected chi connectivity index (χ0v) is 11.0. The molecular weight excluding hydrogens is 327 g/mol. The lowest BCUT2D eigenvalue weighted by atomic mass is 10.2. The van der Waals surface area contributed by atoms with Gasteiger partial charge in [0, 0.05) is 11.1 Å². The number of halogens is 1. The summed E-state index contributed by atoms with van der Waals surface area (Å²) < 4.78 is 7.75. The highest BCUT2D eigenvalue weighted by molar-refractivity contribution is 14.1. The van der Waals surface area contributed by atoms with E-state index in [2.05, 4.69) is 36.7 Å².